The average Bonchev–Trinajstić information content (AvgIpc) is 3.64. The molecule has 37 heavy (non-hydrogen) atoms. The number of sulfonamides is 1. The fraction of sp³-hybridized carbons (Fsp3) is 0.519. The van der Waals surface area contributed by atoms with Gasteiger partial charge in [-0.3, -0.25) is 14.6 Å². The predicted octanol–water partition coefficient (Wildman–Crippen LogP) is 3.17. The van der Waals surface area contributed by atoms with E-state index in [1.807, 2.05) is 12.1 Å². The Morgan fingerprint density at radius 1 is 1.19 bits per heavy atom. The van der Waals surface area contributed by atoms with E-state index in [-0.39, 0.29) is 18.4 Å². The largest absolute Gasteiger partial charge is 0.453 e. The normalized spacial score (nSPS) is 25.8. The van der Waals surface area contributed by atoms with Crippen molar-refractivity contribution in [3.05, 3.63) is 53.5 Å². The van der Waals surface area contributed by atoms with Gasteiger partial charge >= 0.3 is 5.97 Å². The third-order valence-electron chi connectivity index (χ3n) is 7.67. The summed E-state index contributed by atoms with van der Waals surface area (Å²) in [6, 6.07) is 9.44. The zero-order valence-electron chi connectivity index (χ0n) is 21.2. The molecule has 4 aliphatic rings. The number of hydrogen-bond donors (Lipinski definition) is 1. The lowest BCUT2D eigenvalue weighted by molar-refractivity contribution is -0.168. The second kappa shape index (κ2) is 9.79. The van der Waals surface area contributed by atoms with Gasteiger partial charge in [-0.05, 0) is 68.7 Å². The van der Waals surface area contributed by atoms with Crippen LogP contribution in [0, 0.1) is 11.7 Å². The first kappa shape index (κ1) is 25.8. The molecule has 1 amide bonds. The van der Waals surface area contributed by atoms with Crippen molar-refractivity contribution in [3.8, 4) is 11.3 Å². The number of benzene rings is 1. The number of carbonyl (C=O) groups is 2. The molecule has 198 valence electrons. The number of rotatable bonds is 8. The molecule has 8 nitrogen and oxygen atoms in total. The number of nitrogens with zero attached hydrogens (tertiary/aromatic N) is 2. The number of aromatic nitrogens is 1. The van der Waals surface area contributed by atoms with Crippen molar-refractivity contribution >= 4 is 21.9 Å². The highest BCUT2D eigenvalue weighted by atomic mass is 32.2. The molecule has 0 spiro atoms. The van der Waals surface area contributed by atoms with Gasteiger partial charge in [-0.1, -0.05) is 18.2 Å². The minimum atomic E-state index is -3.59. The van der Waals surface area contributed by atoms with Crippen molar-refractivity contribution in [2.45, 2.75) is 76.1 Å². The lowest BCUT2D eigenvalue weighted by Gasteiger charge is -2.58. The number of esters is 1. The summed E-state index contributed by atoms with van der Waals surface area (Å²) in [7, 11) is -3.59. The van der Waals surface area contributed by atoms with Crippen LogP contribution in [0.1, 0.15) is 56.7 Å². The lowest BCUT2D eigenvalue weighted by Crippen LogP contribution is -2.71. The zero-order valence-corrected chi connectivity index (χ0v) is 22.0. The van der Waals surface area contributed by atoms with Crippen LogP contribution in [0.3, 0.4) is 0 Å². The van der Waals surface area contributed by atoms with Crippen molar-refractivity contribution in [1.29, 1.82) is 0 Å². The molecule has 0 radical (unpaired) electrons. The fourth-order valence-electron chi connectivity index (χ4n) is 5.78. The molecule has 2 saturated heterocycles. The Hall–Kier alpha value is -2.85. The van der Waals surface area contributed by atoms with E-state index in [2.05, 4.69) is 9.71 Å². The van der Waals surface area contributed by atoms with Crippen LogP contribution < -0.4 is 4.72 Å². The molecule has 3 atom stereocenters. The molecule has 2 aromatic rings. The van der Waals surface area contributed by atoms with Gasteiger partial charge in [-0.2, -0.15) is 0 Å². The van der Waals surface area contributed by atoms with E-state index in [4.69, 9.17) is 4.74 Å². The topological polar surface area (TPSA) is 106 Å². The molecular weight excluding hydrogens is 497 g/mol. The Labute approximate surface area is 216 Å². The maximum atomic E-state index is 15.9. The first-order chi connectivity index (χ1) is 17.5. The highest BCUT2D eigenvalue weighted by Crippen LogP contribution is 2.45. The fourth-order valence-corrected chi connectivity index (χ4v) is 6.62. The Bertz CT molecular complexity index is 1320. The highest BCUT2D eigenvalue weighted by Gasteiger charge is 2.54. The molecule has 4 fully saturated rings. The van der Waals surface area contributed by atoms with Gasteiger partial charge in [0.25, 0.3) is 5.91 Å². The number of halogens is 1. The highest BCUT2D eigenvalue weighted by molar-refractivity contribution is 7.88. The maximum absolute atomic E-state index is 15.9. The monoisotopic (exact) mass is 529 g/mol. The van der Waals surface area contributed by atoms with Crippen LogP contribution in [-0.4, -0.2) is 60.7 Å². The molecule has 2 aliphatic heterocycles. The predicted molar refractivity (Wildman–Crippen MR) is 135 cm³/mol. The minimum absolute atomic E-state index is 0.0425. The van der Waals surface area contributed by atoms with Crippen LogP contribution in [0.5, 0.6) is 0 Å². The molecule has 3 heterocycles. The summed E-state index contributed by atoms with van der Waals surface area (Å²) in [6.07, 6.45) is 3.64. The van der Waals surface area contributed by atoms with Gasteiger partial charge in [-0.25, -0.2) is 17.5 Å². The second-order valence-corrected chi connectivity index (χ2v) is 12.4. The van der Waals surface area contributed by atoms with Gasteiger partial charge in [-0.15, -0.1) is 0 Å². The Kier molecular flexibility index (Phi) is 6.83. The molecule has 1 N–H and O–H groups in total. The zero-order chi connectivity index (χ0) is 26.5. The molecule has 6 rings (SSSR count). The number of amides is 1. The van der Waals surface area contributed by atoms with E-state index in [0.717, 1.165) is 24.8 Å². The summed E-state index contributed by atoms with van der Waals surface area (Å²) in [5.74, 6) is -0.936. The first-order valence-electron chi connectivity index (χ1n) is 12.7. The summed E-state index contributed by atoms with van der Waals surface area (Å²) < 4.78 is 48.3. The summed E-state index contributed by atoms with van der Waals surface area (Å²) in [4.78, 5) is 31.2. The molecular formula is C27H32FN3O5S. The summed E-state index contributed by atoms with van der Waals surface area (Å²) >= 11 is 0. The van der Waals surface area contributed by atoms with Crippen LogP contribution in [0.2, 0.25) is 0 Å². The van der Waals surface area contributed by atoms with Crippen molar-refractivity contribution < 1.29 is 27.1 Å². The molecule has 10 heteroatoms. The van der Waals surface area contributed by atoms with Gasteiger partial charge < -0.3 is 9.64 Å². The molecule has 2 aliphatic carbocycles. The minimum Gasteiger partial charge on any atom is -0.453 e. The third kappa shape index (κ3) is 5.40. The van der Waals surface area contributed by atoms with E-state index in [1.165, 1.54) is 13.8 Å². The smallest absolute Gasteiger partial charge is 0.303 e. The molecule has 2 saturated carbocycles. The number of piperidine rings is 2. The van der Waals surface area contributed by atoms with Crippen LogP contribution >= 0.6 is 0 Å². The van der Waals surface area contributed by atoms with E-state index < -0.39 is 45.9 Å². The number of hydrogen-bond acceptors (Lipinski definition) is 6. The number of ether oxygens (including phenoxy) is 1. The van der Waals surface area contributed by atoms with E-state index in [1.54, 1.807) is 29.2 Å². The van der Waals surface area contributed by atoms with E-state index in [9.17, 15) is 18.0 Å². The second-order valence-electron chi connectivity index (χ2n) is 10.6. The number of pyridine rings is 1. The number of nitrogens with one attached hydrogen (secondary N) is 1. The Morgan fingerprint density at radius 3 is 2.54 bits per heavy atom. The standard InChI is InChI=1S/C27H32FN3O5S/c1-15(36-16(2)32)27(33)31-20-12-19(13-20)26(30-37(3,34)35)24(31)14-18-6-4-7-21(25(18)28)23-9-5-8-22(29-23)17-10-11-17/h4-9,15,17,19-20,24,26,30H,10-14H2,1-3H3/t15-,19?,20?,24+,26+/m1/s1. The molecule has 2 bridgehead atoms. The number of fused-ring (bicyclic) bond motifs is 2. The van der Waals surface area contributed by atoms with Crippen molar-refractivity contribution in [3.63, 3.8) is 0 Å². The first-order valence-corrected chi connectivity index (χ1v) is 14.6. The third-order valence-corrected chi connectivity index (χ3v) is 8.37. The van der Waals surface area contributed by atoms with Gasteiger partial charge in [0.15, 0.2) is 6.10 Å². The van der Waals surface area contributed by atoms with Gasteiger partial charge in [0.05, 0.1) is 18.0 Å². The van der Waals surface area contributed by atoms with Gasteiger partial charge in [0.1, 0.15) is 5.82 Å². The summed E-state index contributed by atoms with van der Waals surface area (Å²) in [5.41, 5.74) is 2.26. The summed E-state index contributed by atoms with van der Waals surface area (Å²) in [6.45, 7) is 2.74. The molecule has 1 aromatic heterocycles. The van der Waals surface area contributed by atoms with Gasteiger partial charge in [0, 0.05) is 36.2 Å². The van der Waals surface area contributed by atoms with Crippen molar-refractivity contribution in [2.75, 3.05) is 6.26 Å². The van der Waals surface area contributed by atoms with Crippen LogP contribution in [0.4, 0.5) is 4.39 Å². The van der Waals surface area contributed by atoms with E-state index in [0.29, 0.717) is 35.6 Å². The Morgan fingerprint density at radius 2 is 1.89 bits per heavy atom. The van der Waals surface area contributed by atoms with Crippen molar-refractivity contribution in [1.82, 2.24) is 14.6 Å². The Balaban J connectivity index is 1.49. The van der Waals surface area contributed by atoms with Crippen molar-refractivity contribution in [2.24, 2.45) is 5.92 Å². The lowest BCUT2D eigenvalue weighted by atomic mass is 9.66. The SMILES string of the molecule is CC(=O)O[C@H](C)C(=O)N1C2CC(C2)[C@H](NS(C)(=O)=O)[C@@H]1Cc1cccc(-c2cccc(C3CC3)n2)c1F. The number of carbonyl (C=O) groups excluding carboxylic acids is 2. The van der Waals surface area contributed by atoms with Gasteiger partial charge in [0.2, 0.25) is 10.0 Å². The molecule has 1 aromatic carbocycles. The van der Waals surface area contributed by atoms with E-state index >= 15 is 4.39 Å². The van der Waals surface area contributed by atoms with Crippen LogP contribution in [-0.2, 0) is 30.8 Å². The molecule has 0 unspecified atom stereocenters. The summed E-state index contributed by atoms with van der Waals surface area (Å²) in [5, 5.41) is 0. The van der Waals surface area contributed by atoms with Crippen LogP contribution in [0.25, 0.3) is 11.3 Å². The quantitative estimate of drug-likeness (QED) is 0.527. The maximum Gasteiger partial charge on any atom is 0.303 e. The average molecular weight is 530 g/mol. The van der Waals surface area contributed by atoms with Crippen LogP contribution in [0.15, 0.2) is 36.4 Å².